The molecule has 25 heavy (non-hydrogen) atoms. The molecule has 0 aromatic heterocycles. The molecule has 0 fully saturated rings. The molecule has 1 N–H and O–H groups in total. The van der Waals surface area contributed by atoms with Gasteiger partial charge in [0.2, 0.25) is 0 Å². The van der Waals surface area contributed by atoms with E-state index in [2.05, 4.69) is 15.3 Å². The molecule has 138 valence electrons. The van der Waals surface area contributed by atoms with E-state index >= 15 is 0 Å². The van der Waals surface area contributed by atoms with Crippen molar-refractivity contribution in [2.24, 2.45) is 5.11 Å². The topological polar surface area (TPSA) is 87.1 Å². The summed E-state index contributed by atoms with van der Waals surface area (Å²) < 4.78 is 43.0. The van der Waals surface area contributed by atoms with Crippen LogP contribution >= 0.6 is 0 Å². The van der Waals surface area contributed by atoms with Gasteiger partial charge in [-0.1, -0.05) is 17.2 Å². The predicted octanol–water partition coefficient (Wildman–Crippen LogP) is 4.84. The minimum Gasteiger partial charge on any atom is -0.444 e. The number of amides is 1. The SMILES string of the molecule is CC(C)(C)OC(=O)NC(CCN=[N+]=[N-])Cc1ccc(C(F)(F)F)cc1. The molecule has 1 atom stereocenters. The van der Waals surface area contributed by atoms with Crippen LogP contribution in [0.3, 0.4) is 0 Å². The number of hydrogen-bond acceptors (Lipinski definition) is 3. The van der Waals surface area contributed by atoms with Crippen molar-refractivity contribution >= 4 is 6.09 Å². The molecule has 0 saturated heterocycles. The normalized spacial score (nSPS) is 12.9. The highest BCUT2D eigenvalue weighted by Crippen LogP contribution is 2.29. The Hall–Kier alpha value is -2.41. The van der Waals surface area contributed by atoms with Crippen molar-refractivity contribution in [1.29, 1.82) is 0 Å². The Morgan fingerprint density at radius 3 is 2.36 bits per heavy atom. The van der Waals surface area contributed by atoms with Gasteiger partial charge in [0.15, 0.2) is 0 Å². The molecule has 0 bridgehead atoms. The average molecular weight is 358 g/mol. The molecule has 6 nitrogen and oxygen atoms in total. The number of carbonyl (C=O) groups excluding carboxylic acids is 1. The highest BCUT2D eigenvalue weighted by atomic mass is 19.4. The highest BCUT2D eigenvalue weighted by molar-refractivity contribution is 5.68. The zero-order chi connectivity index (χ0) is 19.1. The molecule has 0 aliphatic carbocycles. The fourth-order valence-electron chi connectivity index (χ4n) is 2.07. The molecular formula is C16H21F3N4O2. The third-order valence-electron chi connectivity index (χ3n) is 3.13. The lowest BCUT2D eigenvalue weighted by Gasteiger charge is -2.23. The lowest BCUT2D eigenvalue weighted by Crippen LogP contribution is -2.40. The zero-order valence-electron chi connectivity index (χ0n) is 14.3. The molecule has 1 aromatic rings. The maximum atomic E-state index is 12.6. The van der Waals surface area contributed by atoms with Gasteiger partial charge in [0.1, 0.15) is 5.60 Å². The van der Waals surface area contributed by atoms with Crippen LogP contribution in [-0.2, 0) is 17.3 Å². The van der Waals surface area contributed by atoms with E-state index in [1.165, 1.54) is 12.1 Å². The first kappa shape index (κ1) is 20.6. The van der Waals surface area contributed by atoms with E-state index in [1.54, 1.807) is 20.8 Å². The van der Waals surface area contributed by atoms with E-state index in [0.29, 0.717) is 18.4 Å². The van der Waals surface area contributed by atoms with E-state index in [4.69, 9.17) is 10.3 Å². The first-order valence-corrected chi connectivity index (χ1v) is 7.68. The molecule has 0 aliphatic rings. The van der Waals surface area contributed by atoms with Crippen LogP contribution in [0.1, 0.15) is 38.3 Å². The van der Waals surface area contributed by atoms with Gasteiger partial charge in [0.25, 0.3) is 0 Å². The molecular weight excluding hydrogens is 337 g/mol. The van der Waals surface area contributed by atoms with Crippen molar-refractivity contribution in [2.75, 3.05) is 6.54 Å². The highest BCUT2D eigenvalue weighted by Gasteiger charge is 2.30. The summed E-state index contributed by atoms with van der Waals surface area (Å²) in [4.78, 5) is 14.5. The quantitative estimate of drug-likeness (QED) is 0.448. The fourth-order valence-corrected chi connectivity index (χ4v) is 2.07. The number of nitrogens with zero attached hydrogens (tertiary/aromatic N) is 3. The summed E-state index contributed by atoms with van der Waals surface area (Å²) in [5.41, 5.74) is 7.56. The van der Waals surface area contributed by atoms with Gasteiger partial charge >= 0.3 is 12.3 Å². The van der Waals surface area contributed by atoms with Crippen molar-refractivity contribution in [3.8, 4) is 0 Å². The largest absolute Gasteiger partial charge is 0.444 e. The van der Waals surface area contributed by atoms with Gasteiger partial charge in [-0.15, -0.1) is 0 Å². The Balaban J connectivity index is 2.78. The third-order valence-corrected chi connectivity index (χ3v) is 3.13. The Labute approximate surface area is 144 Å². The van der Waals surface area contributed by atoms with Crippen LogP contribution in [-0.4, -0.2) is 24.3 Å². The fraction of sp³-hybridized carbons (Fsp3) is 0.562. The van der Waals surface area contributed by atoms with Crippen LogP contribution in [0.5, 0.6) is 0 Å². The first-order chi connectivity index (χ1) is 11.5. The summed E-state index contributed by atoms with van der Waals surface area (Å²) in [6.45, 7) is 5.31. The van der Waals surface area contributed by atoms with E-state index < -0.39 is 29.5 Å². The van der Waals surface area contributed by atoms with Crippen LogP contribution in [0.15, 0.2) is 29.4 Å². The molecule has 1 unspecified atom stereocenters. The average Bonchev–Trinajstić information content (AvgIpc) is 2.45. The van der Waals surface area contributed by atoms with Crippen molar-refractivity contribution in [2.45, 2.75) is 51.4 Å². The maximum absolute atomic E-state index is 12.6. The van der Waals surface area contributed by atoms with Crippen molar-refractivity contribution in [3.05, 3.63) is 45.8 Å². The number of benzene rings is 1. The summed E-state index contributed by atoms with van der Waals surface area (Å²) in [6, 6.07) is 4.28. The van der Waals surface area contributed by atoms with Gasteiger partial charge in [-0.05, 0) is 56.8 Å². The second-order valence-electron chi connectivity index (χ2n) is 6.49. The summed E-state index contributed by atoms with van der Waals surface area (Å²) in [6.07, 6.45) is -4.40. The van der Waals surface area contributed by atoms with E-state index in [9.17, 15) is 18.0 Å². The molecule has 1 rings (SSSR count). The number of rotatable bonds is 6. The predicted molar refractivity (Wildman–Crippen MR) is 86.9 cm³/mol. The van der Waals surface area contributed by atoms with Crippen LogP contribution < -0.4 is 5.32 Å². The number of halogens is 3. The number of nitrogens with one attached hydrogen (secondary N) is 1. The Morgan fingerprint density at radius 2 is 1.88 bits per heavy atom. The number of alkyl carbamates (subject to hydrolysis) is 1. The van der Waals surface area contributed by atoms with Gasteiger partial charge in [0, 0.05) is 17.5 Å². The molecule has 1 amide bonds. The van der Waals surface area contributed by atoms with Crippen LogP contribution in [0.25, 0.3) is 10.4 Å². The number of hydrogen-bond donors (Lipinski definition) is 1. The van der Waals surface area contributed by atoms with E-state index in [-0.39, 0.29) is 6.54 Å². The minimum absolute atomic E-state index is 0.150. The van der Waals surface area contributed by atoms with Crippen molar-refractivity contribution in [3.63, 3.8) is 0 Å². The van der Waals surface area contributed by atoms with Crippen molar-refractivity contribution < 1.29 is 22.7 Å². The smallest absolute Gasteiger partial charge is 0.416 e. The Kier molecular flexibility index (Phi) is 7.11. The molecule has 9 heteroatoms. The first-order valence-electron chi connectivity index (χ1n) is 7.68. The number of alkyl halides is 3. The lowest BCUT2D eigenvalue weighted by atomic mass is 10.0. The molecule has 0 saturated carbocycles. The molecule has 0 heterocycles. The Bertz CT molecular complexity index is 618. The van der Waals surface area contributed by atoms with E-state index in [0.717, 1.165) is 12.1 Å². The standard InChI is InChI=1S/C16H21F3N4O2/c1-15(2,3)25-14(24)22-13(8-9-21-23-20)10-11-4-6-12(7-5-11)16(17,18)19/h4-7,13H,8-10H2,1-3H3,(H,22,24). The molecule has 0 aliphatic heterocycles. The summed E-state index contributed by atoms with van der Waals surface area (Å²) in [5.74, 6) is 0. The number of azide groups is 1. The Morgan fingerprint density at radius 1 is 1.28 bits per heavy atom. The lowest BCUT2D eigenvalue weighted by molar-refractivity contribution is -0.137. The molecule has 0 spiro atoms. The third kappa shape index (κ3) is 8.30. The monoisotopic (exact) mass is 358 g/mol. The summed E-state index contributed by atoms with van der Waals surface area (Å²) in [7, 11) is 0. The van der Waals surface area contributed by atoms with Crippen LogP contribution in [0.4, 0.5) is 18.0 Å². The van der Waals surface area contributed by atoms with Gasteiger partial charge in [-0.3, -0.25) is 0 Å². The summed E-state index contributed by atoms with van der Waals surface area (Å²) >= 11 is 0. The van der Waals surface area contributed by atoms with Gasteiger partial charge in [-0.2, -0.15) is 13.2 Å². The van der Waals surface area contributed by atoms with E-state index in [1.807, 2.05) is 0 Å². The number of carbonyl (C=O) groups is 1. The maximum Gasteiger partial charge on any atom is 0.416 e. The number of ether oxygens (including phenoxy) is 1. The van der Waals surface area contributed by atoms with Crippen molar-refractivity contribution in [1.82, 2.24) is 5.32 Å². The van der Waals surface area contributed by atoms with Gasteiger partial charge in [-0.25, -0.2) is 4.79 Å². The minimum atomic E-state index is -4.39. The second kappa shape index (κ2) is 8.62. The van der Waals surface area contributed by atoms with Crippen LogP contribution in [0.2, 0.25) is 0 Å². The van der Waals surface area contributed by atoms with Crippen LogP contribution in [0, 0.1) is 0 Å². The second-order valence-corrected chi connectivity index (χ2v) is 6.49. The van der Waals surface area contributed by atoms with Gasteiger partial charge in [0.05, 0.1) is 5.56 Å². The van der Waals surface area contributed by atoms with Gasteiger partial charge < -0.3 is 10.1 Å². The molecule has 0 radical (unpaired) electrons. The molecule has 1 aromatic carbocycles. The summed E-state index contributed by atoms with van der Waals surface area (Å²) in [5, 5.41) is 6.08. The zero-order valence-corrected chi connectivity index (χ0v) is 14.3.